The Balaban J connectivity index is 2.65. The second kappa shape index (κ2) is 4.38. The van der Waals surface area contributed by atoms with Crippen molar-refractivity contribution in [1.82, 2.24) is 0 Å². The summed E-state index contributed by atoms with van der Waals surface area (Å²) in [5.74, 6) is 0. The quantitative estimate of drug-likeness (QED) is 0.561. The Morgan fingerprint density at radius 3 is 1.82 bits per heavy atom. The third-order valence-corrected chi connectivity index (χ3v) is 2.21. The molecule has 62 valence electrons. The van der Waals surface area contributed by atoms with Gasteiger partial charge in [0, 0.05) is 0 Å². The van der Waals surface area contributed by atoms with Crippen molar-refractivity contribution in [3.05, 3.63) is 23.3 Å². The molecule has 0 nitrogen and oxygen atoms in total. The van der Waals surface area contributed by atoms with Crippen LogP contribution in [0.5, 0.6) is 0 Å². The summed E-state index contributed by atoms with van der Waals surface area (Å²) < 4.78 is 0. The van der Waals surface area contributed by atoms with Gasteiger partial charge in [-0.1, -0.05) is 26.0 Å². The van der Waals surface area contributed by atoms with E-state index >= 15 is 0 Å². The van der Waals surface area contributed by atoms with Gasteiger partial charge in [0.2, 0.25) is 0 Å². The van der Waals surface area contributed by atoms with Crippen molar-refractivity contribution in [2.75, 3.05) is 0 Å². The fourth-order valence-corrected chi connectivity index (χ4v) is 1.75. The molecule has 0 saturated heterocycles. The average Bonchev–Trinajstić information content (AvgIpc) is 2.39. The van der Waals surface area contributed by atoms with Crippen LogP contribution in [-0.4, -0.2) is 0 Å². The third kappa shape index (κ3) is 2.21. The minimum Gasteiger partial charge on any atom is -0.0813 e. The molecule has 0 amide bonds. The molecule has 1 aliphatic rings. The molecular weight excluding hydrogens is 132 g/mol. The van der Waals surface area contributed by atoms with Crippen LogP contribution in [-0.2, 0) is 0 Å². The van der Waals surface area contributed by atoms with Crippen LogP contribution in [0.1, 0.15) is 46.0 Å². The van der Waals surface area contributed by atoms with Gasteiger partial charge < -0.3 is 0 Å². The highest BCUT2D eigenvalue weighted by Crippen LogP contribution is 2.30. The number of rotatable bonds is 2. The van der Waals surface area contributed by atoms with E-state index in [4.69, 9.17) is 0 Å². The fraction of sp³-hybridized carbons (Fsp3) is 0.636. The predicted molar refractivity (Wildman–Crippen MR) is 50.6 cm³/mol. The molecular formula is C11H18. The molecule has 0 aromatic rings. The normalized spacial score (nSPS) is 25.3. The molecule has 1 fully saturated rings. The Kier molecular flexibility index (Phi) is 3.41. The molecule has 0 heterocycles. The maximum atomic E-state index is 2.38. The second-order valence-corrected chi connectivity index (χ2v) is 3.13. The molecule has 0 aromatic heterocycles. The molecule has 0 heteroatoms. The maximum absolute atomic E-state index is 2.38. The summed E-state index contributed by atoms with van der Waals surface area (Å²) in [5.41, 5.74) is 3.24. The molecule has 1 rings (SSSR count). The van der Waals surface area contributed by atoms with E-state index in [-0.39, 0.29) is 0 Å². The Morgan fingerprint density at radius 1 is 1.00 bits per heavy atom. The zero-order chi connectivity index (χ0) is 8.10. The molecule has 0 bridgehead atoms. The highest BCUT2D eigenvalue weighted by atomic mass is 14.2. The van der Waals surface area contributed by atoms with Crippen molar-refractivity contribution in [2.24, 2.45) is 0 Å². The van der Waals surface area contributed by atoms with Crippen molar-refractivity contribution in [2.45, 2.75) is 46.0 Å². The molecule has 0 aliphatic heterocycles. The fourth-order valence-electron chi connectivity index (χ4n) is 1.75. The number of hydrogen-bond acceptors (Lipinski definition) is 0. The molecule has 0 spiro atoms. The number of allylic oxidation sites excluding steroid dienone is 4. The van der Waals surface area contributed by atoms with E-state index in [9.17, 15) is 0 Å². The Labute approximate surface area is 70.0 Å². The van der Waals surface area contributed by atoms with Crippen LogP contribution < -0.4 is 0 Å². The Bertz CT molecular complexity index is 152. The predicted octanol–water partition coefficient (Wildman–Crippen LogP) is 3.84. The third-order valence-electron chi connectivity index (χ3n) is 2.21. The first kappa shape index (κ1) is 8.58. The minimum absolute atomic E-state index is 1.19. The monoisotopic (exact) mass is 150 g/mol. The lowest BCUT2D eigenvalue weighted by atomic mass is 10.1. The van der Waals surface area contributed by atoms with Crippen LogP contribution in [0.4, 0.5) is 0 Å². The van der Waals surface area contributed by atoms with Crippen molar-refractivity contribution in [1.29, 1.82) is 0 Å². The van der Waals surface area contributed by atoms with Gasteiger partial charge in [-0.05, 0) is 43.3 Å². The van der Waals surface area contributed by atoms with Crippen LogP contribution in [0.25, 0.3) is 0 Å². The number of hydrogen-bond donors (Lipinski definition) is 0. The van der Waals surface area contributed by atoms with Gasteiger partial charge in [0.05, 0.1) is 0 Å². The molecule has 11 heavy (non-hydrogen) atoms. The van der Waals surface area contributed by atoms with Gasteiger partial charge in [-0.15, -0.1) is 0 Å². The standard InChI is InChI=1S/C11H18/c1-3-6-10-8-5-9-11(10)7-4-2/h6-7H,3-5,8-9H2,1-2H3/b10-6+,11-7+. The van der Waals surface area contributed by atoms with E-state index in [2.05, 4.69) is 26.0 Å². The lowest BCUT2D eigenvalue weighted by molar-refractivity contribution is 0.928. The summed E-state index contributed by atoms with van der Waals surface area (Å²) in [6.45, 7) is 4.43. The van der Waals surface area contributed by atoms with E-state index in [1.165, 1.54) is 32.1 Å². The van der Waals surface area contributed by atoms with Gasteiger partial charge in [-0.25, -0.2) is 0 Å². The molecule has 1 aliphatic carbocycles. The first-order valence-electron chi connectivity index (χ1n) is 4.77. The van der Waals surface area contributed by atoms with Crippen LogP contribution in [0, 0.1) is 0 Å². The van der Waals surface area contributed by atoms with Crippen molar-refractivity contribution in [3.8, 4) is 0 Å². The zero-order valence-corrected chi connectivity index (χ0v) is 7.69. The van der Waals surface area contributed by atoms with Gasteiger partial charge in [-0.3, -0.25) is 0 Å². The summed E-state index contributed by atoms with van der Waals surface area (Å²) in [5, 5.41) is 0. The second-order valence-electron chi connectivity index (χ2n) is 3.13. The summed E-state index contributed by atoms with van der Waals surface area (Å²) >= 11 is 0. The maximum Gasteiger partial charge on any atom is -0.0276 e. The van der Waals surface area contributed by atoms with Gasteiger partial charge in [0.1, 0.15) is 0 Å². The van der Waals surface area contributed by atoms with Crippen LogP contribution >= 0.6 is 0 Å². The van der Waals surface area contributed by atoms with E-state index in [0.29, 0.717) is 0 Å². The zero-order valence-electron chi connectivity index (χ0n) is 7.69. The van der Waals surface area contributed by atoms with E-state index in [0.717, 1.165) is 0 Å². The molecule has 0 atom stereocenters. The smallest absolute Gasteiger partial charge is 0.0276 e. The molecule has 1 saturated carbocycles. The highest BCUT2D eigenvalue weighted by Gasteiger charge is 2.11. The van der Waals surface area contributed by atoms with Gasteiger partial charge in [-0.2, -0.15) is 0 Å². The van der Waals surface area contributed by atoms with Gasteiger partial charge in [0.25, 0.3) is 0 Å². The largest absolute Gasteiger partial charge is 0.0813 e. The van der Waals surface area contributed by atoms with Crippen molar-refractivity contribution in [3.63, 3.8) is 0 Å². The van der Waals surface area contributed by atoms with Crippen LogP contribution in [0.2, 0.25) is 0 Å². The topological polar surface area (TPSA) is 0 Å². The first-order valence-corrected chi connectivity index (χ1v) is 4.77. The van der Waals surface area contributed by atoms with E-state index < -0.39 is 0 Å². The van der Waals surface area contributed by atoms with Gasteiger partial charge in [0.15, 0.2) is 0 Å². The summed E-state index contributed by atoms with van der Waals surface area (Å²) in [6, 6.07) is 0. The lowest BCUT2D eigenvalue weighted by Crippen LogP contribution is -1.78. The van der Waals surface area contributed by atoms with E-state index in [1.807, 2.05) is 0 Å². The van der Waals surface area contributed by atoms with Crippen molar-refractivity contribution < 1.29 is 0 Å². The Hall–Kier alpha value is -0.520. The average molecular weight is 150 g/mol. The highest BCUT2D eigenvalue weighted by molar-refractivity contribution is 5.34. The Morgan fingerprint density at radius 2 is 1.45 bits per heavy atom. The SMILES string of the molecule is CC/C=C1\CCC\C1=C/CC. The first-order chi connectivity index (χ1) is 5.38. The van der Waals surface area contributed by atoms with Crippen LogP contribution in [0.3, 0.4) is 0 Å². The lowest BCUT2D eigenvalue weighted by Gasteiger charge is -1.98. The van der Waals surface area contributed by atoms with Crippen molar-refractivity contribution >= 4 is 0 Å². The summed E-state index contributed by atoms with van der Waals surface area (Å²) in [6.07, 6.45) is 11.2. The molecule has 0 unspecified atom stereocenters. The van der Waals surface area contributed by atoms with Crippen LogP contribution in [0.15, 0.2) is 23.3 Å². The molecule has 0 N–H and O–H groups in total. The van der Waals surface area contributed by atoms with E-state index in [1.54, 1.807) is 11.1 Å². The molecule has 0 radical (unpaired) electrons. The van der Waals surface area contributed by atoms with Gasteiger partial charge >= 0.3 is 0 Å². The molecule has 0 aromatic carbocycles. The summed E-state index contributed by atoms with van der Waals surface area (Å²) in [7, 11) is 0. The summed E-state index contributed by atoms with van der Waals surface area (Å²) in [4.78, 5) is 0. The minimum atomic E-state index is 1.19.